The molecule has 0 aliphatic heterocycles. The molecule has 1 unspecified atom stereocenters. The van der Waals surface area contributed by atoms with E-state index in [1.165, 1.54) is 44.9 Å². The average Bonchev–Trinajstić information content (AvgIpc) is 3.50. The van der Waals surface area contributed by atoms with Gasteiger partial charge in [0.15, 0.2) is 0 Å². The predicted octanol–water partition coefficient (Wildman–Crippen LogP) is 4.67. The zero-order valence-electron chi connectivity index (χ0n) is 15.8. The van der Waals surface area contributed by atoms with Crippen LogP contribution in [-0.4, -0.2) is 34.0 Å². The zero-order valence-corrected chi connectivity index (χ0v) is 15.8. The van der Waals surface area contributed by atoms with Crippen molar-refractivity contribution < 1.29 is 20.1 Å². The van der Waals surface area contributed by atoms with Crippen molar-refractivity contribution in [2.45, 2.75) is 109 Å². The molecule has 146 valence electrons. The van der Waals surface area contributed by atoms with Crippen LogP contribution >= 0.6 is 0 Å². The number of carboxylic acids is 1. The second kappa shape index (κ2) is 9.91. The van der Waals surface area contributed by atoms with Gasteiger partial charge in [-0.1, -0.05) is 25.7 Å². The van der Waals surface area contributed by atoms with Gasteiger partial charge in [0.2, 0.25) is 0 Å². The number of unbranched alkanes of at least 4 members (excludes halogenated alkanes) is 2. The summed E-state index contributed by atoms with van der Waals surface area (Å²) in [6.45, 7) is 0.318. The summed E-state index contributed by atoms with van der Waals surface area (Å²) >= 11 is 0. The zero-order chi connectivity index (χ0) is 18.2. The van der Waals surface area contributed by atoms with Crippen LogP contribution in [0.1, 0.15) is 103 Å². The number of hydrogen-bond acceptors (Lipinski definition) is 3. The first kappa shape index (κ1) is 20.7. The largest absolute Gasteiger partial charge is 0.481 e. The first-order valence-corrected chi connectivity index (χ1v) is 10.5. The molecule has 1 atom stereocenters. The molecule has 0 radical (unpaired) electrons. The molecule has 0 aromatic heterocycles. The molecule has 2 fully saturated rings. The minimum Gasteiger partial charge on any atom is -0.481 e. The van der Waals surface area contributed by atoms with Gasteiger partial charge in [-0.2, -0.15) is 0 Å². The van der Waals surface area contributed by atoms with Gasteiger partial charge < -0.3 is 15.3 Å². The Hall–Kier alpha value is -0.610. The second-order valence-electron chi connectivity index (χ2n) is 8.87. The third kappa shape index (κ3) is 8.08. The standard InChI is InChI=1S/C21H38O4/c22-17-5-11-20(13-14-20)9-3-1-6-18(23)7-2-4-10-21(15-16-21)12-8-19(24)25/h18,22-23H,1-17H2,(H,24,25). The van der Waals surface area contributed by atoms with Gasteiger partial charge in [0.1, 0.15) is 0 Å². The molecule has 3 N–H and O–H groups in total. The Balaban J connectivity index is 1.44. The van der Waals surface area contributed by atoms with E-state index in [-0.39, 0.29) is 6.10 Å². The quantitative estimate of drug-likeness (QED) is 0.352. The summed E-state index contributed by atoms with van der Waals surface area (Å²) < 4.78 is 0. The summed E-state index contributed by atoms with van der Waals surface area (Å²) in [5, 5.41) is 27.9. The van der Waals surface area contributed by atoms with E-state index in [4.69, 9.17) is 10.2 Å². The number of rotatable bonds is 16. The van der Waals surface area contributed by atoms with Crippen molar-refractivity contribution in [2.75, 3.05) is 6.61 Å². The van der Waals surface area contributed by atoms with Crippen LogP contribution in [0.25, 0.3) is 0 Å². The molecule has 0 saturated heterocycles. The maximum absolute atomic E-state index is 10.7. The van der Waals surface area contributed by atoms with E-state index in [0.29, 0.717) is 23.9 Å². The molecule has 4 nitrogen and oxygen atoms in total. The number of aliphatic hydroxyl groups excluding tert-OH is 2. The molecule has 0 aromatic carbocycles. The molecule has 4 heteroatoms. The van der Waals surface area contributed by atoms with Crippen LogP contribution in [0.2, 0.25) is 0 Å². The molecular weight excluding hydrogens is 316 g/mol. The molecule has 25 heavy (non-hydrogen) atoms. The summed E-state index contributed by atoms with van der Waals surface area (Å²) in [7, 11) is 0. The lowest BCUT2D eigenvalue weighted by Crippen LogP contribution is -2.09. The third-order valence-corrected chi connectivity index (χ3v) is 6.64. The Bertz CT molecular complexity index is 399. The van der Waals surface area contributed by atoms with E-state index in [2.05, 4.69) is 0 Å². The van der Waals surface area contributed by atoms with Crippen LogP contribution in [0.5, 0.6) is 0 Å². The van der Waals surface area contributed by atoms with Gasteiger partial charge in [-0.3, -0.25) is 4.79 Å². The number of carbonyl (C=O) groups is 1. The van der Waals surface area contributed by atoms with E-state index in [1.54, 1.807) is 0 Å². The Morgan fingerprint density at radius 1 is 0.800 bits per heavy atom. The number of carboxylic acid groups (broad SMARTS) is 1. The molecule has 0 aromatic rings. The van der Waals surface area contributed by atoms with Crippen LogP contribution in [0, 0.1) is 10.8 Å². The van der Waals surface area contributed by atoms with Gasteiger partial charge in [0.05, 0.1) is 6.10 Å². The number of aliphatic carboxylic acids is 1. The molecule has 0 bridgehead atoms. The molecule has 0 spiro atoms. The lowest BCUT2D eigenvalue weighted by Gasteiger charge is -2.16. The van der Waals surface area contributed by atoms with E-state index >= 15 is 0 Å². The SMILES string of the molecule is O=C(O)CCC1(CCCCC(O)CCCCC2(CCCO)CC2)CC1. The van der Waals surface area contributed by atoms with Gasteiger partial charge in [-0.25, -0.2) is 0 Å². The minimum atomic E-state index is -0.675. The van der Waals surface area contributed by atoms with Crippen LogP contribution in [0.15, 0.2) is 0 Å². The second-order valence-corrected chi connectivity index (χ2v) is 8.87. The fourth-order valence-corrected chi connectivity index (χ4v) is 4.33. The summed E-state index contributed by atoms with van der Waals surface area (Å²) in [4.78, 5) is 10.7. The fourth-order valence-electron chi connectivity index (χ4n) is 4.33. The van der Waals surface area contributed by atoms with Crippen molar-refractivity contribution in [1.29, 1.82) is 0 Å². The maximum atomic E-state index is 10.7. The summed E-state index contributed by atoms with van der Waals surface area (Å²) in [6, 6.07) is 0. The van der Waals surface area contributed by atoms with Crippen molar-refractivity contribution in [3.8, 4) is 0 Å². The highest BCUT2D eigenvalue weighted by Crippen LogP contribution is 2.54. The molecule has 2 aliphatic carbocycles. The van der Waals surface area contributed by atoms with Crippen LogP contribution in [-0.2, 0) is 4.79 Å². The van der Waals surface area contributed by atoms with Gasteiger partial charge >= 0.3 is 5.97 Å². The highest BCUT2D eigenvalue weighted by atomic mass is 16.4. The molecule has 2 saturated carbocycles. The lowest BCUT2D eigenvalue weighted by molar-refractivity contribution is -0.137. The van der Waals surface area contributed by atoms with Crippen molar-refractivity contribution >= 4 is 5.97 Å². The van der Waals surface area contributed by atoms with Crippen LogP contribution < -0.4 is 0 Å². The van der Waals surface area contributed by atoms with Gasteiger partial charge in [0.25, 0.3) is 0 Å². The Morgan fingerprint density at radius 3 is 1.72 bits per heavy atom. The molecule has 0 heterocycles. The number of hydrogen-bond donors (Lipinski definition) is 3. The summed E-state index contributed by atoms with van der Waals surface area (Å²) in [5.74, 6) is -0.675. The fraction of sp³-hybridized carbons (Fsp3) is 0.952. The topological polar surface area (TPSA) is 77.8 Å². The first-order chi connectivity index (χ1) is 12.0. The molecule has 0 amide bonds. The minimum absolute atomic E-state index is 0.165. The van der Waals surface area contributed by atoms with Crippen LogP contribution in [0.4, 0.5) is 0 Å². The Labute approximate surface area is 153 Å². The number of aliphatic hydroxyl groups is 2. The van der Waals surface area contributed by atoms with E-state index in [9.17, 15) is 9.90 Å². The van der Waals surface area contributed by atoms with E-state index in [1.807, 2.05) is 0 Å². The van der Waals surface area contributed by atoms with E-state index in [0.717, 1.165) is 51.4 Å². The Kier molecular flexibility index (Phi) is 8.21. The smallest absolute Gasteiger partial charge is 0.303 e. The lowest BCUT2D eigenvalue weighted by atomic mass is 9.91. The van der Waals surface area contributed by atoms with Gasteiger partial charge in [0, 0.05) is 13.0 Å². The monoisotopic (exact) mass is 354 g/mol. The van der Waals surface area contributed by atoms with E-state index < -0.39 is 5.97 Å². The maximum Gasteiger partial charge on any atom is 0.303 e. The normalized spacial score (nSPS) is 21.0. The highest BCUT2D eigenvalue weighted by molar-refractivity contribution is 5.66. The van der Waals surface area contributed by atoms with Gasteiger partial charge in [-0.05, 0) is 81.5 Å². The molecular formula is C21H38O4. The van der Waals surface area contributed by atoms with Crippen LogP contribution in [0.3, 0.4) is 0 Å². The molecule has 2 rings (SSSR count). The predicted molar refractivity (Wildman–Crippen MR) is 99.5 cm³/mol. The van der Waals surface area contributed by atoms with Crippen molar-refractivity contribution in [1.82, 2.24) is 0 Å². The van der Waals surface area contributed by atoms with Crippen molar-refractivity contribution in [3.05, 3.63) is 0 Å². The van der Waals surface area contributed by atoms with Crippen molar-refractivity contribution in [2.24, 2.45) is 10.8 Å². The summed E-state index contributed by atoms with van der Waals surface area (Å²) in [6.07, 6.45) is 16.9. The average molecular weight is 355 g/mol. The third-order valence-electron chi connectivity index (χ3n) is 6.64. The summed E-state index contributed by atoms with van der Waals surface area (Å²) in [5.41, 5.74) is 0.874. The van der Waals surface area contributed by atoms with Gasteiger partial charge in [-0.15, -0.1) is 0 Å². The first-order valence-electron chi connectivity index (χ1n) is 10.5. The molecule has 2 aliphatic rings. The Morgan fingerprint density at radius 2 is 1.28 bits per heavy atom. The highest BCUT2D eigenvalue weighted by Gasteiger charge is 2.41. The van der Waals surface area contributed by atoms with Crippen molar-refractivity contribution in [3.63, 3.8) is 0 Å².